The van der Waals surface area contributed by atoms with Gasteiger partial charge in [0, 0.05) is 6.08 Å². The van der Waals surface area contributed by atoms with Crippen molar-refractivity contribution < 1.29 is 27.4 Å². The van der Waals surface area contributed by atoms with Crippen molar-refractivity contribution in [3.8, 4) is 5.75 Å². The van der Waals surface area contributed by atoms with Gasteiger partial charge in [0.25, 0.3) is 0 Å². The molecule has 0 radical (unpaired) electrons. The third-order valence-corrected chi connectivity index (χ3v) is 4.13. The predicted molar refractivity (Wildman–Crippen MR) is 83.7 cm³/mol. The van der Waals surface area contributed by atoms with Crippen LogP contribution < -0.4 is 4.18 Å². The molecule has 0 aliphatic rings. The number of aromatic carboxylic acids is 1. The number of carboxylic acids is 1. The summed E-state index contributed by atoms with van der Waals surface area (Å²) >= 11 is 0. The van der Waals surface area contributed by atoms with E-state index in [2.05, 4.69) is 0 Å². The van der Waals surface area contributed by atoms with Gasteiger partial charge in [-0.15, -0.1) is 0 Å². The lowest BCUT2D eigenvalue weighted by atomic mass is 10.2. The van der Waals surface area contributed by atoms with Gasteiger partial charge in [0.2, 0.25) is 6.20 Å². The lowest BCUT2D eigenvalue weighted by Crippen LogP contribution is -2.10. The van der Waals surface area contributed by atoms with E-state index in [0.717, 1.165) is 30.5 Å². The average Bonchev–Trinajstić information content (AvgIpc) is 2.54. The Hall–Kier alpha value is -3.20. The van der Waals surface area contributed by atoms with Crippen LogP contribution in [-0.4, -0.2) is 24.4 Å². The van der Waals surface area contributed by atoms with Crippen LogP contribution in [0.3, 0.4) is 0 Å². The molecule has 2 rings (SSSR count). The molecule has 0 heterocycles. The Balaban J connectivity index is 2.16. The van der Waals surface area contributed by atoms with E-state index in [4.69, 9.17) is 9.29 Å². The Morgan fingerprint density at radius 2 is 1.67 bits per heavy atom. The van der Waals surface area contributed by atoms with E-state index in [1.807, 2.05) is 0 Å². The molecule has 124 valence electrons. The topological polar surface area (TPSA) is 124 Å². The molecule has 0 spiro atoms. The largest absolute Gasteiger partial charge is 0.478 e. The fourth-order valence-corrected chi connectivity index (χ4v) is 2.65. The van der Waals surface area contributed by atoms with Gasteiger partial charge in [-0.1, -0.05) is 12.1 Å². The molecule has 0 fully saturated rings. The summed E-state index contributed by atoms with van der Waals surface area (Å²) in [6, 6.07) is 10.2. The van der Waals surface area contributed by atoms with Crippen molar-refractivity contribution >= 4 is 22.2 Å². The first-order valence-electron chi connectivity index (χ1n) is 6.47. The maximum atomic E-state index is 12.1. The van der Waals surface area contributed by atoms with Gasteiger partial charge >= 0.3 is 16.1 Å². The highest BCUT2D eigenvalue weighted by Crippen LogP contribution is 2.20. The van der Waals surface area contributed by atoms with Crippen LogP contribution in [0.25, 0.3) is 6.08 Å². The minimum atomic E-state index is -4.11. The first-order chi connectivity index (χ1) is 11.3. The minimum Gasteiger partial charge on any atom is -0.478 e. The summed E-state index contributed by atoms with van der Waals surface area (Å²) in [6.07, 6.45) is 2.01. The van der Waals surface area contributed by atoms with E-state index in [9.17, 15) is 23.3 Å². The lowest BCUT2D eigenvalue weighted by Gasteiger charge is -2.07. The number of benzene rings is 2. The van der Waals surface area contributed by atoms with Crippen molar-refractivity contribution in [3.05, 3.63) is 76.0 Å². The molecule has 0 saturated heterocycles. The van der Waals surface area contributed by atoms with Crippen molar-refractivity contribution in [2.45, 2.75) is 4.90 Å². The van der Waals surface area contributed by atoms with Crippen LogP contribution in [0.5, 0.6) is 5.75 Å². The number of carbonyl (C=O) groups is 1. The molecule has 0 aromatic heterocycles. The molecule has 0 unspecified atom stereocenters. The Bertz CT molecular complexity index is 884. The summed E-state index contributed by atoms with van der Waals surface area (Å²) in [5, 5.41) is 19.0. The molecule has 0 bridgehead atoms. The van der Waals surface area contributed by atoms with E-state index in [0.29, 0.717) is 5.56 Å². The summed E-state index contributed by atoms with van der Waals surface area (Å²) in [5.41, 5.74) is 0.457. The Morgan fingerprint density at radius 3 is 2.17 bits per heavy atom. The number of hydrogen-bond donors (Lipinski definition) is 1. The number of rotatable bonds is 6. The van der Waals surface area contributed by atoms with Gasteiger partial charge in [-0.3, -0.25) is 10.1 Å². The van der Waals surface area contributed by atoms with Gasteiger partial charge < -0.3 is 9.29 Å². The quantitative estimate of drug-likeness (QED) is 0.482. The molecule has 24 heavy (non-hydrogen) atoms. The molecule has 9 heteroatoms. The normalized spacial score (nSPS) is 11.3. The van der Waals surface area contributed by atoms with Gasteiger partial charge in [-0.05, 0) is 42.0 Å². The number of nitrogens with zero attached hydrogens (tertiary/aromatic N) is 1. The third-order valence-electron chi connectivity index (χ3n) is 2.86. The monoisotopic (exact) mass is 349 g/mol. The fourth-order valence-electron chi connectivity index (χ4n) is 1.72. The van der Waals surface area contributed by atoms with Gasteiger partial charge in [0.1, 0.15) is 10.6 Å². The Kier molecular flexibility index (Phi) is 4.95. The van der Waals surface area contributed by atoms with Crippen LogP contribution in [0.15, 0.2) is 59.6 Å². The summed E-state index contributed by atoms with van der Waals surface area (Å²) in [4.78, 5) is 20.2. The van der Waals surface area contributed by atoms with Crippen LogP contribution in [-0.2, 0) is 10.1 Å². The smallest absolute Gasteiger partial charge is 0.339 e. The van der Waals surface area contributed by atoms with Crippen LogP contribution in [0, 0.1) is 10.1 Å². The first-order valence-corrected chi connectivity index (χ1v) is 7.88. The van der Waals surface area contributed by atoms with E-state index < -0.39 is 21.0 Å². The zero-order valence-electron chi connectivity index (χ0n) is 12.0. The predicted octanol–water partition coefficient (Wildman–Crippen LogP) is 2.40. The maximum Gasteiger partial charge on any atom is 0.339 e. The number of hydrogen-bond acceptors (Lipinski definition) is 6. The van der Waals surface area contributed by atoms with Gasteiger partial charge in [0.05, 0.1) is 10.5 Å². The highest BCUT2D eigenvalue weighted by Gasteiger charge is 2.17. The SMILES string of the molecule is O=C(O)c1ccc(S(=O)(=O)Oc2ccc(/C=C/[N+](=O)[O-])cc2)cc1. The standard InChI is InChI=1S/C15H11NO7S/c17-15(18)12-3-7-14(8-4-12)24(21,22)23-13-5-1-11(2-6-13)9-10-16(19)20/h1-10H,(H,17,18)/b10-9+. The molecule has 0 atom stereocenters. The van der Waals surface area contributed by atoms with Gasteiger partial charge in [-0.25, -0.2) is 4.79 Å². The lowest BCUT2D eigenvalue weighted by molar-refractivity contribution is -0.400. The van der Waals surface area contributed by atoms with Crippen LogP contribution >= 0.6 is 0 Å². The van der Waals surface area contributed by atoms with E-state index in [1.54, 1.807) is 0 Å². The summed E-state index contributed by atoms with van der Waals surface area (Å²) < 4.78 is 29.2. The second-order valence-corrected chi connectivity index (χ2v) is 6.08. The molecular formula is C15H11NO7S. The minimum absolute atomic E-state index is 0.0237. The van der Waals surface area contributed by atoms with Crippen molar-refractivity contribution in [3.63, 3.8) is 0 Å². The summed E-state index contributed by atoms with van der Waals surface area (Å²) in [7, 11) is -4.11. The molecule has 8 nitrogen and oxygen atoms in total. The number of carboxylic acid groups (broad SMARTS) is 1. The zero-order valence-corrected chi connectivity index (χ0v) is 12.8. The van der Waals surface area contributed by atoms with Crippen molar-refractivity contribution in [1.82, 2.24) is 0 Å². The van der Waals surface area contributed by atoms with Crippen molar-refractivity contribution in [1.29, 1.82) is 0 Å². The van der Waals surface area contributed by atoms with E-state index in [-0.39, 0.29) is 16.2 Å². The molecule has 0 aliphatic carbocycles. The van der Waals surface area contributed by atoms with E-state index >= 15 is 0 Å². The second kappa shape index (κ2) is 6.92. The first kappa shape index (κ1) is 17.2. The molecule has 0 saturated carbocycles. The zero-order chi connectivity index (χ0) is 17.7. The third kappa shape index (κ3) is 4.40. The molecule has 1 N–H and O–H groups in total. The Morgan fingerprint density at radius 1 is 1.08 bits per heavy atom. The molecule has 2 aromatic carbocycles. The fraction of sp³-hybridized carbons (Fsp3) is 0. The highest BCUT2D eigenvalue weighted by molar-refractivity contribution is 7.87. The second-order valence-electron chi connectivity index (χ2n) is 4.54. The van der Waals surface area contributed by atoms with Crippen molar-refractivity contribution in [2.75, 3.05) is 0 Å². The summed E-state index contributed by atoms with van der Waals surface area (Å²) in [5.74, 6) is -1.14. The number of nitro groups is 1. The molecule has 2 aromatic rings. The van der Waals surface area contributed by atoms with Gasteiger partial charge in [0.15, 0.2) is 0 Å². The van der Waals surface area contributed by atoms with Crippen molar-refractivity contribution in [2.24, 2.45) is 0 Å². The maximum absolute atomic E-state index is 12.1. The van der Waals surface area contributed by atoms with Crippen LogP contribution in [0.4, 0.5) is 0 Å². The summed E-state index contributed by atoms with van der Waals surface area (Å²) in [6.45, 7) is 0. The Labute approximate surface area is 136 Å². The molecule has 0 aliphatic heterocycles. The average molecular weight is 349 g/mol. The van der Waals surface area contributed by atoms with E-state index in [1.165, 1.54) is 30.3 Å². The molecular weight excluding hydrogens is 338 g/mol. The van der Waals surface area contributed by atoms with Gasteiger partial charge in [-0.2, -0.15) is 8.42 Å². The molecule has 0 amide bonds. The van der Waals surface area contributed by atoms with Crippen LogP contribution in [0.1, 0.15) is 15.9 Å². The highest BCUT2D eigenvalue weighted by atomic mass is 32.2. The van der Waals surface area contributed by atoms with Crippen LogP contribution in [0.2, 0.25) is 0 Å².